The molecule has 0 aromatic carbocycles. The molecule has 3 rings (SSSR count). The van der Waals surface area contributed by atoms with Crippen LogP contribution in [0.25, 0.3) is 0 Å². The van der Waals surface area contributed by atoms with Gasteiger partial charge in [0.25, 0.3) is 0 Å². The van der Waals surface area contributed by atoms with Crippen LogP contribution < -0.4 is 0 Å². The van der Waals surface area contributed by atoms with Crippen LogP contribution in [0, 0.1) is 10.8 Å². The molecular weight excluding hydrogens is 293 g/mol. The molecule has 1 spiro atoms. The highest BCUT2D eigenvalue weighted by atomic mass is 16.6. The summed E-state index contributed by atoms with van der Waals surface area (Å²) in [6.07, 6.45) is 6.71. The van der Waals surface area contributed by atoms with Gasteiger partial charge in [-0.05, 0) is 43.9 Å². The number of nitrogens with zero attached hydrogens (tertiary/aromatic N) is 1. The second-order valence-corrected chi connectivity index (χ2v) is 8.16. The summed E-state index contributed by atoms with van der Waals surface area (Å²) in [7, 11) is -0.293. The molecule has 23 heavy (non-hydrogen) atoms. The first kappa shape index (κ1) is 16.8. The van der Waals surface area contributed by atoms with Crippen molar-refractivity contribution in [1.29, 1.82) is 0 Å². The van der Waals surface area contributed by atoms with E-state index < -0.39 is 11.6 Å². The molecule has 3 aliphatic rings. The van der Waals surface area contributed by atoms with Crippen LogP contribution in [0.3, 0.4) is 0 Å². The molecule has 0 aromatic heterocycles. The van der Waals surface area contributed by atoms with Gasteiger partial charge < -0.3 is 19.3 Å². The standard InChI is InChI=1S/C17H28BNO4/c1-15(2)16(3,4)19(14(20)21)12-13(18-22-10-11-23-18)17(15)8-6-5-7-9-17/h5-6,13H,7-12H2,1-4H3,(H,20,21). The van der Waals surface area contributed by atoms with Crippen LogP contribution >= 0.6 is 0 Å². The van der Waals surface area contributed by atoms with Gasteiger partial charge in [0, 0.05) is 17.9 Å². The fourth-order valence-corrected chi connectivity index (χ4v) is 5.04. The Hall–Kier alpha value is -1.01. The Morgan fingerprint density at radius 2 is 1.87 bits per heavy atom. The number of carboxylic acid groups (broad SMARTS) is 1. The van der Waals surface area contributed by atoms with Gasteiger partial charge in [0.15, 0.2) is 0 Å². The van der Waals surface area contributed by atoms with E-state index in [4.69, 9.17) is 9.31 Å². The van der Waals surface area contributed by atoms with Gasteiger partial charge in [-0.1, -0.05) is 26.0 Å². The minimum Gasteiger partial charge on any atom is -0.465 e. The number of hydrogen-bond acceptors (Lipinski definition) is 3. The van der Waals surface area contributed by atoms with E-state index >= 15 is 0 Å². The summed E-state index contributed by atoms with van der Waals surface area (Å²) >= 11 is 0. The summed E-state index contributed by atoms with van der Waals surface area (Å²) in [6.45, 7) is 10.3. The van der Waals surface area contributed by atoms with E-state index in [0.717, 1.165) is 19.3 Å². The van der Waals surface area contributed by atoms with Crippen molar-refractivity contribution < 1.29 is 19.2 Å². The lowest BCUT2D eigenvalue weighted by molar-refractivity contribution is -0.123. The van der Waals surface area contributed by atoms with E-state index in [1.54, 1.807) is 4.90 Å². The molecule has 0 bridgehead atoms. The minimum atomic E-state index is -0.854. The molecule has 2 saturated heterocycles. The van der Waals surface area contributed by atoms with Gasteiger partial charge in [-0.3, -0.25) is 0 Å². The van der Waals surface area contributed by atoms with Crippen molar-refractivity contribution in [2.75, 3.05) is 19.8 Å². The number of allylic oxidation sites excluding steroid dienone is 2. The molecule has 1 amide bonds. The topological polar surface area (TPSA) is 59.0 Å². The van der Waals surface area contributed by atoms with Gasteiger partial charge >= 0.3 is 13.2 Å². The third-order valence-electron chi connectivity index (χ3n) is 7.15. The fraction of sp³-hybridized carbons (Fsp3) is 0.824. The molecule has 5 nitrogen and oxygen atoms in total. The number of amides is 1. The molecule has 2 fully saturated rings. The number of piperidine rings is 1. The largest absolute Gasteiger partial charge is 0.465 e. The summed E-state index contributed by atoms with van der Waals surface area (Å²) in [4.78, 5) is 13.5. The molecule has 0 radical (unpaired) electrons. The molecule has 6 heteroatoms. The van der Waals surface area contributed by atoms with E-state index in [1.165, 1.54) is 0 Å². The SMILES string of the molecule is CC1(C)N(C(=O)O)CC(B2OCCO2)C2(CC=CCC2)C1(C)C. The Morgan fingerprint density at radius 3 is 2.39 bits per heavy atom. The molecule has 0 aromatic rings. The van der Waals surface area contributed by atoms with E-state index in [9.17, 15) is 9.90 Å². The molecular formula is C17H28BNO4. The smallest absolute Gasteiger partial charge is 0.462 e. The van der Waals surface area contributed by atoms with Crippen molar-refractivity contribution in [2.45, 2.75) is 58.3 Å². The van der Waals surface area contributed by atoms with Gasteiger partial charge in [0.05, 0.1) is 13.2 Å². The lowest BCUT2D eigenvalue weighted by Crippen LogP contribution is -2.70. The summed E-state index contributed by atoms with van der Waals surface area (Å²) in [6, 6.07) is 0. The molecule has 2 unspecified atom stereocenters. The third kappa shape index (κ3) is 2.25. The second-order valence-electron chi connectivity index (χ2n) is 8.16. The Morgan fingerprint density at radius 1 is 1.22 bits per heavy atom. The summed E-state index contributed by atoms with van der Waals surface area (Å²) < 4.78 is 11.7. The van der Waals surface area contributed by atoms with Crippen LogP contribution in [0.2, 0.25) is 5.82 Å². The lowest BCUT2D eigenvalue weighted by atomic mass is 9.39. The predicted molar refractivity (Wildman–Crippen MR) is 89.4 cm³/mol. The zero-order valence-corrected chi connectivity index (χ0v) is 14.7. The zero-order chi connectivity index (χ0) is 16.9. The maximum atomic E-state index is 11.9. The second kappa shape index (κ2) is 5.52. The Kier molecular flexibility index (Phi) is 4.04. The molecule has 2 aliphatic heterocycles. The van der Waals surface area contributed by atoms with Gasteiger partial charge in [0.1, 0.15) is 0 Å². The van der Waals surface area contributed by atoms with Gasteiger partial charge in [-0.15, -0.1) is 0 Å². The summed E-state index contributed by atoms with van der Waals surface area (Å²) in [5, 5.41) is 9.78. The minimum absolute atomic E-state index is 0.00773. The number of likely N-dealkylation sites (tertiary alicyclic amines) is 1. The summed E-state index contributed by atoms with van der Waals surface area (Å²) in [5.74, 6) is 0.0640. The summed E-state index contributed by atoms with van der Waals surface area (Å²) in [5.41, 5.74) is -0.646. The van der Waals surface area contributed by atoms with Crippen molar-refractivity contribution in [1.82, 2.24) is 4.90 Å². The van der Waals surface area contributed by atoms with E-state index in [-0.39, 0.29) is 23.8 Å². The van der Waals surface area contributed by atoms with E-state index in [0.29, 0.717) is 19.8 Å². The van der Waals surface area contributed by atoms with Crippen LogP contribution in [0.4, 0.5) is 4.79 Å². The molecule has 1 N–H and O–H groups in total. The first-order valence-electron chi connectivity index (χ1n) is 8.63. The highest BCUT2D eigenvalue weighted by Gasteiger charge is 2.66. The van der Waals surface area contributed by atoms with Gasteiger partial charge in [0.2, 0.25) is 0 Å². The Balaban J connectivity index is 2.08. The first-order valence-corrected chi connectivity index (χ1v) is 8.63. The van der Waals surface area contributed by atoms with Crippen LogP contribution in [0.5, 0.6) is 0 Å². The third-order valence-corrected chi connectivity index (χ3v) is 7.15. The first-order chi connectivity index (χ1) is 10.7. The van der Waals surface area contributed by atoms with Crippen molar-refractivity contribution in [3.8, 4) is 0 Å². The van der Waals surface area contributed by atoms with Crippen molar-refractivity contribution >= 4 is 13.2 Å². The van der Waals surface area contributed by atoms with E-state index in [1.807, 2.05) is 0 Å². The monoisotopic (exact) mass is 321 g/mol. The Bertz CT molecular complexity index is 513. The van der Waals surface area contributed by atoms with Crippen LogP contribution in [0.1, 0.15) is 47.0 Å². The average molecular weight is 321 g/mol. The molecule has 2 atom stereocenters. The zero-order valence-electron chi connectivity index (χ0n) is 14.7. The highest BCUT2D eigenvalue weighted by Crippen LogP contribution is 2.65. The Labute approximate surface area is 139 Å². The fourth-order valence-electron chi connectivity index (χ4n) is 5.04. The van der Waals surface area contributed by atoms with Crippen molar-refractivity contribution in [3.63, 3.8) is 0 Å². The quantitative estimate of drug-likeness (QED) is 0.594. The maximum Gasteiger partial charge on any atom is 0.462 e. The lowest BCUT2D eigenvalue weighted by Gasteiger charge is -2.66. The molecule has 1 aliphatic carbocycles. The van der Waals surface area contributed by atoms with Gasteiger partial charge in [-0.2, -0.15) is 0 Å². The van der Waals surface area contributed by atoms with Crippen molar-refractivity contribution in [3.05, 3.63) is 12.2 Å². The average Bonchev–Trinajstić information content (AvgIpc) is 3.00. The van der Waals surface area contributed by atoms with Crippen LogP contribution in [-0.4, -0.2) is 48.5 Å². The van der Waals surface area contributed by atoms with Crippen LogP contribution in [0.15, 0.2) is 12.2 Å². The normalized spacial score (nSPS) is 35.7. The molecule has 0 saturated carbocycles. The van der Waals surface area contributed by atoms with Crippen LogP contribution in [-0.2, 0) is 9.31 Å². The molecule has 2 heterocycles. The predicted octanol–water partition coefficient (Wildman–Crippen LogP) is 3.42. The van der Waals surface area contributed by atoms with Crippen molar-refractivity contribution in [2.24, 2.45) is 10.8 Å². The number of hydrogen-bond donors (Lipinski definition) is 1. The van der Waals surface area contributed by atoms with E-state index in [2.05, 4.69) is 39.8 Å². The highest BCUT2D eigenvalue weighted by molar-refractivity contribution is 6.47. The molecule has 128 valence electrons. The van der Waals surface area contributed by atoms with Gasteiger partial charge in [-0.25, -0.2) is 4.79 Å². The number of carbonyl (C=O) groups is 1. The number of rotatable bonds is 1. The maximum absolute atomic E-state index is 11.9.